The van der Waals surface area contributed by atoms with Crippen molar-refractivity contribution in [2.75, 3.05) is 13.1 Å². The van der Waals surface area contributed by atoms with Crippen LogP contribution in [-0.2, 0) is 17.1 Å². The molecule has 2 heterocycles. The van der Waals surface area contributed by atoms with Gasteiger partial charge < -0.3 is 4.57 Å². The van der Waals surface area contributed by atoms with Crippen molar-refractivity contribution in [3.8, 4) is 0 Å². The number of carbonyl (C=O) groups excluding carboxylic acids is 1. The molecule has 1 saturated heterocycles. The quantitative estimate of drug-likeness (QED) is 0.596. The second-order valence-electron chi connectivity index (χ2n) is 8.42. The number of aryl methyl sites for hydroxylation is 3. The predicted octanol–water partition coefficient (Wildman–Crippen LogP) is 4.02. The Hall–Kier alpha value is -2.29. The van der Waals surface area contributed by atoms with Gasteiger partial charge in [-0.1, -0.05) is 24.3 Å². The summed E-state index contributed by atoms with van der Waals surface area (Å²) in [5.41, 5.74) is 3.75. The largest absolute Gasteiger partial charge is 0.319 e. The second-order valence-corrected chi connectivity index (χ2v) is 11.4. The molecule has 1 atom stereocenters. The Morgan fingerprint density at radius 1 is 1.16 bits per heavy atom. The second kappa shape index (κ2) is 8.33. The first-order valence-corrected chi connectivity index (χ1v) is 12.7. The molecule has 1 aromatic heterocycles. The Morgan fingerprint density at radius 2 is 1.87 bits per heavy atom. The lowest BCUT2D eigenvalue weighted by Crippen LogP contribution is -2.39. The third-order valence-corrected chi connectivity index (χ3v) is 8.75. The summed E-state index contributed by atoms with van der Waals surface area (Å²) in [6.45, 7) is 7.26. The molecule has 6 nitrogen and oxygen atoms in total. The molecule has 1 aliphatic rings. The van der Waals surface area contributed by atoms with Gasteiger partial charge in [0.2, 0.25) is 10.0 Å². The van der Waals surface area contributed by atoms with Crippen LogP contribution in [0.3, 0.4) is 0 Å². The van der Waals surface area contributed by atoms with Crippen LogP contribution in [0.1, 0.15) is 41.3 Å². The number of piperidine rings is 1. The molecule has 1 fully saturated rings. The van der Waals surface area contributed by atoms with Gasteiger partial charge in [-0.05, 0) is 74.1 Å². The number of aromatic nitrogens is 1. The number of benzene rings is 2. The lowest BCUT2D eigenvalue weighted by atomic mass is 10.0. The van der Waals surface area contributed by atoms with Crippen LogP contribution in [0.5, 0.6) is 0 Å². The predicted molar refractivity (Wildman–Crippen MR) is 124 cm³/mol. The van der Waals surface area contributed by atoms with Gasteiger partial charge in [0, 0.05) is 25.7 Å². The molecule has 0 bridgehead atoms. The molecule has 164 valence electrons. The van der Waals surface area contributed by atoms with Crippen molar-refractivity contribution in [3.05, 3.63) is 57.9 Å². The summed E-state index contributed by atoms with van der Waals surface area (Å²) < 4.78 is 30.4. The number of nitrogens with zero attached hydrogens (tertiary/aromatic N) is 3. The van der Waals surface area contributed by atoms with Gasteiger partial charge in [0.1, 0.15) is 0 Å². The molecule has 0 spiro atoms. The van der Waals surface area contributed by atoms with Crippen LogP contribution < -0.4 is 4.80 Å². The highest BCUT2D eigenvalue weighted by molar-refractivity contribution is 7.89. The first-order valence-electron chi connectivity index (χ1n) is 10.4. The topological polar surface area (TPSA) is 71.7 Å². The van der Waals surface area contributed by atoms with Crippen LogP contribution in [0.4, 0.5) is 0 Å². The van der Waals surface area contributed by atoms with Crippen molar-refractivity contribution >= 4 is 37.5 Å². The number of rotatable bonds is 3. The minimum absolute atomic E-state index is 0.219. The summed E-state index contributed by atoms with van der Waals surface area (Å²) in [7, 11) is -1.63. The number of hydrogen-bond donors (Lipinski definition) is 0. The Morgan fingerprint density at radius 3 is 2.55 bits per heavy atom. The smallest absolute Gasteiger partial charge is 0.279 e. The number of carbonyl (C=O) groups is 1. The van der Waals surface area contributed by atoms with E-state index in [0.717, 1.165) is 28.6 Å². The minimum Gasteiger partial charge on any atom is -0.319 e. The number of sulfonamides is 1. The molecule has 31 heavy (non-hydrogen) atoms. The van der Waals surface area contributed by atoms with E-state index in [4.69, 9.17) is 0 Å². The number of amides is 1. The molecule has 0 saturated carbocycles. The number of hydrogen-bond acceptors (Lipinski definition) is 4. The van der Waals surface area contributed by atoms with Gasteiger partial charge >= 0.3 is 0 Å². The average Bonchev–Trinajstić information content (AvgIpc) is 3.03. The van der Waals surface area contributed by atoms with Crippen molar-refractivity contribution in [3.63, 3.8) is 0 Å². The Bertz CT molecular complexity index is 1320. The highest BCUT2D eigenvalue weighted by atomic mass is 32.2. The third kappa shape index (κ3) is 4.24. The van der Waals surface area contributed by atoms with Gasteiger partial charge in [-0.25, -0.2) is 8.42 Å². The Labute approximate surface area is 186 Å². The maximum absolute atomic E-state index is 12.9. The molecule has 1 amide bonds. The zero-order valence-electron chi connectivity index (χ0n) is 18.3. The molecular formula is C23H27N3O3S2. The molecule has 4 rings (SSSR count). The summed E-state index contributed by atoms with van der Waals surface area (Å²) in [4.78, 5) is 17.9. The van der Waals surface area contributed by atoms with E-state index in [1.54, 1.807) is 16.4 Å². The molecular weight excluding hydrogens is 430 g/mol. The fourth-order valence-corrected chi connectivity index (χ4v) is 7.01. The lowest BCUT2D eigenvalue weighted by Gasteiger charge is -2.30. The normalized spacial score (nSPS) is 18.6. The lowest BCUT2D eigenvalue weighted by molar-refractivity contribution is 0.0998. The number of fused-ring (bicyclic) bond motifs is 1. The van der Waals surface area contributed by atoms with Crippen LogP contribution in [-0.4, -0.2) is 36.3 Å². The minimum atomic E-state index is -3.54. The summed E-state index contributed by atoms with van der Waals surface area (Å²) in [5, 5.41) is 0. The van der Waals surface area contributed by atoms with Crippen molar-refractivity contribution in [2.45, 2.75) is 38.5 Å². The van der Waals surface area contributed by atoms with E-state index in [0.29, 0.717) is 29.4 Å². The van der Waals surface area contributed by atoms with E-state index in [-0.39, 0.29) is 10.8 Å². The summed E-state index contributed by atoms with van der Waals surface area (Å²) in [5.74, 6) is -0.0234. The molecule has 0 N–H and O–H groups in total. The molecule has 0 radical (unpaired) electrons. The van der Waals surface area contributed by atoms with E-state index in [1.165, 1.54) is 29.0 Å². The average molecular weight is 458 g/mol. The zero-order valence-corrected chi connectivity index (χ0v) is 19.9. The monoisotopic (exact) mass is 457 g/mol. The Balaban J connectivity index is 1.63. The van der Waals surface area contributed by atoms with Gasteiger partial charge in [-0.3, -0.25) is 4.79 Å². The van der Waals surface area contributed by atoms with E-state index in [1.807, 2.05) is 18.5 Å². The fourth-order valence-electron chi connectivity index (χ4n) is 4.22. The highest BCUT2D eigenvalue weighted by Gasteiger charge is 2.28. The van der Waals surface area contributed by atoms with Crippen molar-refractivity contribution in [1.82, 2.24) is 8.87 Å². The molecule has 3 aromatic rings. The summed E-state index contributed by atoms with van der Waals surface area (Å²) in [6.07, 6.45) is 1.93. The molecule has 1 unspecified atom stereocenters. The number of thiazole rings is 1. The van der Waals surface area contributed by atoms with Crippen LogP contribution in [0.15, 0.2) is 46.3 Å². The van der Waals surface area contributed by atoms with Crippen molar-refractivity contribution in [2.24, 2.45) is 18.0 Å². The summed E-state index contributed by atoms with van der Waals surface area (Å²) in [6, 6.07) is 10.3. The van der Waals surface area contributed by atoms with Gasteiger partial charge in [-0.2, -0.15) is 9.30 Å². The third-order valence-electron chi connectivity index (χ3n) is 5.79. The Kier molecular flexibility index (Phi) is 5.89. The SMILES string of the molecule is Cc1cc(C)c2c(c1)sc(=NC(=O)c1ccc(S(=O)(=O)N3CCCC(C)C3)cc1)n2C. The zero-order chi connectivity index (χ0) is 22.3. The van der Waals surface area contributed by atoms with Crippen molar-refractivity contribution < 1.29 is 13.2 Å². The van der Waals surface area contributed by atoms with Crippen molar-refractivity contribution in [1.29, 1.82) is 0 Å². The van der Waals surface area contributed by atoms with Crippen LogP contribution >= 0.6 is 11.3 Å². The van der Waals surface area contributed by atoms with Crippen LogP contribution in [0.2, 0.25) is 0 Å². The standard InChI is InChI=1S/C23H27N3O3S2/c1-15-6-5-11-26(14-15)31(28,29)19-9-7-18(8-10-19)22(27)24-23-25(4)21-17(3)12-16(2)13-20(21)30-23/h7-10,12-13,15H,5-6,11,14H2,1-4H3. The van der Waals surface area contributed by atoms with Gasteiger partial charge in [-0.15, -0.1) is 0 Å². The molecule has 0 aliphatic carbocycles. The maximum atomic E-state index is 12.9. The highest BCUT2D eigenvalue weighted by Crippen LogP contribution is 2.24. The van der Waals surface area contributed by atoms with E-state index < -0.39 is 10.0 Å². The van der Waals surface area contributed by atoms with Gasteiger partial charge in [0.05, 0.1) is 15.1 Å². The maximum Gasteiger partial charge on any atom is 0.279 e. The van der Waals surface area contributed by atoms with Gasteiger partial charge in [0.25, 0.3) is 5.91 Å². The molecule has 8 heteroatoms. The van der Waals surface area contributed by atoms with E-state index >= 15 is 0 Å². The summed E-state index contributed by atoms with van der Waals surface area (Å²) >= 11 is 1.47. The van der Waals surface area contributed by atoms with E-state index in [9.17, 15) is 13.2 Å². The first kappa shape index (κ1) is 21.9. The van der Waals surface area contributed by atoms with Gasteiger partial charge in [0.15, 0.2) is 4.80 Å². The van der Waals surface area contributed by atoms with Crippen LogP contribution in [0, 0.1) is 19.8 Å². The van der Waals surface area contributed by atoms with E-state index in [2.05, 4.69) is 31.0 Å². The fraction of sp³-hybridized carbons (Fsp3) is 0.391. The van der Waals surface area contributed by atoms with Crippen LogP contribution in [0.25, 0.3) is 10.2 Å². The first-order chi connectivity index (χ1) is 14.7. The molecule has 2 aromatic carbocycles. The molecule has 1 aliphatic heterocycles.